The van der Waals surface area contributed by atoms with Gasteiger partial charge in [0, 0.05) is 13.1 Å². The molecule has 2 N–H and O–H groups in total. The molecule has 7 heteroatoms. The van der Waals surface area contributed by atoms with Crippen molar-refractivity contribution in [2.45, 2.75) is 50.9 Å². The van der Waals surface area contributed by atoms with Crippen LogP contribution in [0, 0.1) is 0 Å². The molecule has 3 unspecified atom stereocenters. The molecule has 2 aliphatic heterocycles. The molecule has 3 rings (SSSR count). The van der Waals surface area contributed by atoms with E-state index in [1.807, 2.05) is 12.1 Å². The van der Waals surface area contributed by atoms with Crippen molar-refractivity contribution in [3.8, 4) is 11.5 Å². The number of hydrogen-bond donors (Lipinski definition) is 2. The molecular weight excluding hydrogens is 445 g/mol. The zero-order chi connectivity index (χ0) is 17.6. The summed E-state index contributed by atoms with van der Waals surface area (Å²) < 4.78 is 16.6. The minimum Gasteiger partial charge on any atom is -0.493 e. The summed E-state index contributed by atoms with van der Waals surface area (Å²) in [6, 6.07) is 6.39. The van der Waals surface area contributed by atoms with E-state index in [2.05, 4.69) is 23.6 Å². The van der Waals surface area contributed by atoms with Gasteiger partial charge in [-0.05, 0) is 50.3 Å². The molecule has 0 saturated carbocycles. The van der Waals surface area contributed by atoms with Crippen LogP contribution in [0.3, 0.4) is 0 Å². The molecule has 26 heavy (non-hydrogen) atoms. The molecule has 2 saturated heterocycles. The Balaban J connectivity index is 0.00000243. The molecule has 3 atom stereocenters. The summed E-state index contributed by atoms with van der Waals surface area (Å²) in [5, 5.41) is 6.88. The maximum atomic E-state index is 5.91. The molecule has 1 aromatic rings. The highest BCUT2D eigenvalue weighted by molar-refractivity contribution is 14.0. The molecule has 2 fully saturated rings. The van der Waals surface area contributed by atoms with Crippen LogP contribution in [0.25, 0.3) is 0 Å². The van der Waals surface area contributed by atoms with Crippen molar-refractivity contribution in [2.75, 3.05) is 27.3 Å². The van der Waals surface area contributed by atoms with Gasteiger partial charge in [0.1, 0.15) is 0 Å². The average Bonchev–Trinajstić information content (AvgIpc) is 3.24. The van der Waals surface area contributed by atoms with E-state index in [0.717, 1.165) is 43.3 Å². The normalized spacial score (nSPS) is 24.1. The van der Waals surface area contributed by atoms with Crippen LogP contribution in [0.1, 0.15) is 31.7 Å². The first-order chi connectivity index (χ1) is 12.2. The Morgan fingerprint density at radius 3 is 2.65 bits per heavy atom. The molecular formula is C19H30IN3O3. The van der Waals surface area contributed by atoms with Crippen molar-refractivity contribution in [1.29, 1.82) is 0 Å². The second-order valence-electron chi connectivity index (χ2n) is 6.56. The Morgan fingerprint density at radius 2 is 2.04 bits per heavy atom. The largest absolute Gasteiger partial charge is 0.493 e. The minimum absolute atomic E-state index is 0. The Hall–Kier alpha value is -1.22. The lowest BCUT2D eigenvalue weighted by Gasteiger charge is -2.22. The lowest BCUT2D eigenvalue weighted by atomic mass is 9.96. The van der Waals surface area contributed by atoms with Crippen LogP contribution in [0.5, 0.6) is 11.5 Å². The molecule has 0 radical (unpaired) electrons. The Morgan fingerprint density at radius 1 is 1.23 bits per heavy atom. The first-order valence-corrected chi connectivity index (χ1v) is 9.14. The summed E-state index contributed by atoms with van der Waals surface area (Å²) in [4.78, 5) is 4.72. The Bertz CT molecular complexity index is 612. The highest BCUT2D eigenvalue weighted by Gasteiger charge is 2.41. The predicted octanol–water partition coefficient (Wildman–Crippen LogP) is 2.74. The third-order valence-corrected chi connectivity index (χ3v) is 4.89. The quantitative estimate of drug-likeness (QED) is 0.361. The number of rotatable bonds is 7. The summed E-state index contributed by atoms with van der Waals surface area (Å²) in [6.07, 6.45) is 5.09. The van der Waals surface area contributed by atoms with Crippen molar-refractivity contribution in [3.63, 3.8) is 0 Å². The number of fused-ring (bicyclic) bond motifs is 2. The van der Waals surface area contributed by atoms with Crippen LogP contribution < -0.4 is 20.1 Å². The van der Waals surface area contributed by atoms with Gasteiger partial charge in [-0.2, -0.15) is 0 Å². The van der Waals surface area contributed by atoms with Gasteiger partial charge in [0.15, 0.2) is 17.5 Å². The van der Waals surface area contributed by atoms with Crippen LogP contribution in [0.4, 0.5) is 0 Å². The summed E-state index contributed by atoms with van der Waals surface area (Å²) in [5.74, 6) is 2.39. The second kappa shape index (κ2) is 10.2. The molecule has 2 heterocycles. The molecule has 1 aromatic carbocycles. The fraction of sp³-hybridized carbons (Fsp3) is 0.632. The van der Waals surface area contributed by atoms with E-state index in [9.17, 15) is 0 Å². The van der Waals surface area contributed by atoms with Crippen molar-refractivity contribution < 1.29 is 14.2 Å². The summed E-state index contributed by atoms with van der Waals surface area (Å²) in [6.45, 7) is 3.65. The lowest BCUT2D eigenvalue weighted by molar-refractivity contribution is 0.0992. The molecule has 2 aliphatic rings. The van der Waals surface area contributed by atoms with Gasteiger partial charge in [0.25, 0.3) is 0 Å². The van der Waals surface area contributed by atoms with E-state index in [0.29, 0.717) is 24.8 Å². The van der Waals surface area contributed by atoms with Gasteiger partial charge in [0.05, 0.1) is 32.5 Å². The van der Waals surface area contributed by atoms with Gasteiger partial charge in [-0.1, -0.05) is 6.07 Å². The number of nitrogens with one attached hydrogen (secondary N) is 2. The number of nitrogens with zero attached hydrogens (tertiary/aromatic N) is 1. The SMILES string of the molecule is CCNC(=NCCc1ccc(OC)c(OC)c1)NC1CC2CCC1O2.I. The zero-order valence-corrected chi connectivity index (χ0v) is 18.1. The summed E-state index contributed by atoms with van der Waals surface area (Å²) in [7, 11) is 3.31. The van der Waals surface area contributed by atoms with Crippen LogP contribution in [0.15, 0.2) is 23.2 Å². The van der Waals surface area contributed by atoms with E-state index in [1.165, 1.54) is 12.0 Å². The third-order valence-electron chi connectivity index (χ3n) is 4.89. The van der Waals surface area contributed by atoms with Crippen LogP contribution in [-0.4, -0.2) is 51.5 Å². The molecule has 0 aliphatic carbocycles. The fourth-order valence-corrected chi connectivity index (χ4v) is 3.62. The predicted molar refractivity (Wildman–Crippen MR) is 114 cm³/mol. The monoisotopic (exact) mass is 475 g/mol. The maximum Gasteiger partial charge on any atom is 0.191 e. The summed E-state index contributed by atoms with van der Waals surface area (Å²) in [5.41, 5.74) is 1.18. The van der Waals surface area contributed by atoms with Crippen molar-refractivity contribution in [3.05, 3.63) is 23.8 Å². The van der Waals surface area contributed by atoms with Crippen molar-refractivity contribution in [1.82, 2.24) is 10.6 Å². The van der Waals surface area contributed by atoms with E-state index >= 15 is 0 Å². The van der Waals surface area contributed by atoms with Gasteiger partial charge in [0.2, 0.25) is 0 Å². The number of halogens is 1. The third kappa shape index (κ3) is 5.16. The van der Waals surface area contributed by atoms with Crippen molar-refractivity contribution in [2.24, 2.45) is 4.99 Å². The number of hydrogen-bond acceptors (Lipinski definition) is 4. The van der Waals surface area contributed by atoms with E-state index in [4.69, 9.17) is 19.2 Å². The number of guanidine groups is 1. The molecule has 2 bridgehead atoms. The number of ether oxygens (including phenoxy) is 3. The van der Waals surface area contributed by atoms with Crippen LogP contribution in [-0.2, 0) is 11.2 Å². The molecule has 146 valence electrons. The van der Waals surface area contributed by atoms with Gasteiger partial charge >= 0.3 is 0 Å². The number of aliphatic imine (C=N–C) groups is 1. The standard InChI is InChI=1S/C19H29N3O3.HI/c1-4-20-19(22-15-12-14-6-8-16(15)25-14)21-10-9-13-5-7-17(23-2)18(11-13)24-3;/h5,7,11,14-16H,4,6,8-10,12H2,1-3H3,(H2,20,21,22);1H. The molecule has 0 aromatic heterocycles. The van der Waals surface area contributed by atoms with E-state index in [-0.39, 0.29) is 24.0 Å². The maximum absolute atomic E-state index is 5.91. The number of methoxy groups -OCH3 is 2. The van der Waals surface area contributed by atoms with Gasteiger partial charge in [-0.25, -0.2) is 0 Å². The second-order valence-corrected chi connectivity index (χ2v) is 6.56. The fourth-order valence-electron chi connectivity index (χ4n) is 3.62. The smallest absolute Gasteiger partial charge is 0.191 e. The average molecular weight is 475 g/mol. The lowest BCUT2D eigenvalue weighted by Crippen LogP contribution is -2.47. The highest BCUT2D eigenvalue weighted by atomic mass is 127. The number of benzene rings is 1. The first kappa shape index (κ1) is 21.1. The summed E-state index contributed by atoms with van der Waals surface area (Å²) >= 11 is 0. The molecule has 6 nitrogen and oxygen atoms in total. The van der Waals surface area contributed by atoms with Gasteiger partial charge in [-0.15, -0.1) is 24.0 Å². The Labute approximate surface area is 173 Å². The van der Waals surface area contributed by atoms with Gasteiger partial charge in [-0.3, -0.25) is 4.99 Å². The first-order valence-electron chi connectivity index (χ1n) is 9.14. The van der Waals surface area contributed by atoms with E-state index < -0.39 is 0 Å². The highest BCUT2D eigenvalue weighted by Crippen LogP contribution is 2.34. The van der Waals surface area contributed by atoms with Crippen molar-refractivity contribution >= 4 is 29.9 Å². The van der Waals surface area contributed by atoms with Crippen LogP contribution >= 0.6 is 24.0 Å². The molecule has 0 spiro atoms. The van der Waals surface area contributed by atoms with E-state index in [1.54, 1.807) is 14.2 Å². The minimum atomic E-state index is 0. The topological polar surface area (TPSA) is 64.1 Å². The van der Waals surface area contributed by atoms with Gasteiger partial charge < -0.3 is 24.8 Å². The molecule has 0 amide bonds. The van der Waals surface area contributed by atoms with Crippen LogP contribution in [0.2, 0.25) is 0 Å². The zero-order valence-electron chi connectivity index (χ0n) is 15.8. The Kier molecular flexibility index (Phi) is 8.27.